The lowest BCUT2D eigenvalue weighted by atomic mass is 9.96. The first-order valence-electron chi connectivity index (χ1n) is 10.3. The van der Waals surface area contributed by atoms with Crippen molar-refractivity contribution in [3.05, 3.63) is 48.6 Å². The zero-order valence-electron chi connectivity index (χ0n) is 16.5. The summed E-state index contributed by atoms with van der Waals surface area (Å²) in [5.41, 5.74) is 0. The van der Waals surface area contributed by atoms with Crippen LogP contribution in [0, 0.1) is 11.8 Å². The summed E-state index contributed by atoms with van der Waals surface area (Å²) in [6, 6.07) is 0. The van der Waals surface area contributed by atoms with Crippen molar-refractivity contribution in [2.24, 2.45) is 11.8 Å². The van der Waals surface area contributed by atoms with Crippen molar-refractivity contribution in [1.82, 2.24) is 0 Å². The summed E-state index contributed by atoms with van der Waals surface area (Å²) < 4.78 is 0. The Morgan fingerprint density at radius 1 is 0.926 bits per heavy atom. The van der Waals surface area contributed by atoms with Gasteiger partial charge in [-0.2, -0.15) is 0 Å². The van der Waals surface area contributed by atoms with Gasteiger partial charge in [-0.1, -0.05) is 74.8 Å². The maximum absolute atomic E-state index is 10.4. The van der Waals surface area contributed by atoms with Gasteiger partial charge < -0.3 is 15.3 Å². The zero-order valence-corrected chi connectivity index (χ0v) is 16.5. The van der Waals surface area contributed by atoms with E-state index in [4.69, 9.17) is 5.11 Å². The van der Waals surface area contributed by atoms with Crippen molar-refractivity contribution < 1.29 is 20.1 Å². The van der Waals surface area contributed by atoms with E-state index < -0.39 is 18.2 Å². The summed E-state index contributed by atoms with van der Waals surface area (Å²) in [6.45, 7) is 2.24. The number of unbranched alkanes of at least 4 members (excludes halogenated alkanes) is 2. The third-order valence-corrected chi connectivity index (χ3v) is 4.88. The largest absolute Gasteiger partial charge is 0.481 e. The molecule has 1 aliphatic rings. The molecule has 0 saturated heterocycles. The summed E-state index contributed by atoms with van der Waals surface area (Å²) in [6.07, 6.45) is 22.0. The van der Waals surface area contributed by atoms with Gasteiger partial charge in [0.25, 0.3) is 0 Å². The van der Waals surface area contributed by atoms with Gasteiger partial charge in [-0.25, -0.2) is 0 Å². The number of allylic oxidation sites excluding steroid dienone is 7. The number of hydrogen-bond acceptors (Lipinski definition) is 3. The highest BCUT2D eigenvalue weighted by Crippen LogP contribution is 2.40. The predicted molar refractivity (Wildman–Crippen MR) is 110 cm³/mol. The van der Waals surface area contributed by atoms with E-state index in [1.165, 1.54) is 44.6 Å². The monoisotopic (exact) mass is 376 g/mol. The molecule has 1 rings (SSSR count). The van der Waals surface area contributed by atoms with Crippen LogP contribution in [0.15, 0.2) is 48.6 Å². The Morgan fingerprint density at radius 3 is 2.15 bits per heavy atom. The van der Waals surface area contributed by atoms with Crippen LogP contribution >= 0.6 is 0 Å². The van der Waals surface area contributed by atoms with E-state index in [1.54, 1.807) is 12.2 Å². The van der Waals surface area contributed by atoms with Crippen LogP contribution in [0.5, 0.6) is 0 Å². The van der Waals surface area contributed by atoms with E-state index in [0.29, 0.717) is 6.42 Å². The summed E-state index contributed by atoms with van der Waals surface area (Å²) in [5, 5.41) is 28.1. The van der Waals surface area contributed by atoms with Crippen LogP contribution in [-0.2, 0) is 4.79 Å². The molecule has 0 heterocycles. The number of aliphatic hydroxyl groups excluding tert-OH is 2. The highest BCUT2D eigenvalue weighted by molar-refractivity contribution is 5.66. The van der Waals surface area contributed by atoms with E-state index in [0.717, 1.165) is 11.8 Å². The SMILES string of the molecule is CCCCCC(/C=C/C=C\C=C\C=C\[C@@H](O)[C@@H](O)CCCC(=O)O)C1CC1. The quantitative estimate of drug-likeness (QED) is 0.283. The predicted octanol–water partition coefficient (Wildman–Crippen LogP) is 4.79. The molecule has 27 heavy (non-hydrogen) atoms. The van der Waals surface area contributed by atoms with Crippen LogP contribution in [0.25, 0.3) is 0 Å². The van der Waals surface area contributed by atoms with Crippen molar-refractivity contribution in [2.45, 2.75) is 76.9 Å². The van der Waals surface area contributed by atoms with Gasteiger partial charge in [0.05, 0.1) is 12.2 Å². The number of aliphatic hydroxyl groups is 2. The Kier molecular flexibility index (Phi) is 12.5. The third-order valence-electron chi connectivity index (χ3n) is 4.88. The maximum Gasteiger partial charge on any atom is 0.303 e. The standard InChI is InChI=1S/C23H36O4/c1-2-3-8-12-19(20-17-18-20)13-9-6-4-5-7-10-14-21(24)22(25)15-11-16-23(26)27/h4-7,9-10,13-14,19-22,24-25H,2-3,8,11-12,15-18H2,1H3,(H,26,27)/b6-4-,7-5+,13-9+,14-10+/t19?,21-,22+/m1/s1. The second-order valence-electron chi connectivity index (χ2n) is 7.38. The Bertz CT molecular complexity index is 514. The molecule has 0 aliphatic heterocycles. The van der Waals surface area contributed by atoms with Gasteiger partial charge in [0.1, 0.15) is 0 Å². The zero-order chi connectivity index (χ0) is 19.9. The van der Waals surface area contributed by atoms with Crippen LogP contribution in [0.2, 0.25) is 0 Å². The highest BCUT2D eigenvalue weighted by Gasteiger charge is 2.28. The van der Waals surface area contributed by atoms with Crippen LogP contribution in [-0.4, -0.2) is 33.5 Å². The number of carboxylic acids is 1. The van der Waals surface area contributed by atoms with E-state index in [-0.39, 0.29) is 12.8 Å². The fourth-order valence-corrected chi connectivity index (χ4v) is 3.05. The lowest BCUT2D eigenvalue weighted by Crippen LogP contribution is -2.23. The average Bonchev–Trinajstić information content (AvgIpc) is 3.46. The van der Waals surface area contributed by atoms with E-state index in [1.807, 2.05) is 18.2 Å². The van der Waals surface area contributed by atoms with E-state index in [2.05, 4.69) is 19.1 Å². The lowest BCUT2D eigenvalue weighted by Gasteiger charge is -2.13. The first-order chi connectivity index (χ1) is 13.0. The smallest absolute Gasteiger partial charge is 0.303 e. The molecule has 0 bridgehead atoms. The van der Waals surface area contributed by atoms with Crippen molar-refractivity contribution in [3.8, 4) is 0 Å². The Labute approximate surface area is 164 Å². The van der Waals surface area contributed by atoms with Crippen LogP contribution < -0.4 is 0 Å². The molecule has 0 aromatic heterocycles. The Hall–Kier alpha value is -1.65. The molecule has 0 spiro atoms. The van der Waals surface area contributed by atoms with Crippen molar-refractivity contribution in [3.63, 3.8) is 0 Å². The molecule has 0 aromatic carbocycles. The second kappa shape index (κ2) is 14.4. The number of carboxylic acid groups (broad SMARTS) is 1. The van der Waals surface area contributed by atoms with Gasteiger partial charge in [0, 0.05) is 6.42 Å². The number of rotatable bonds is 15. The molecule has 0 aromatic rings. The summed E-state index contributed by atoms with van der Waals surface area (Å²) in [5.74, 6) is 0.733. The Balaban J connectivity index is 2.25. The minimum Gasteiger partial charge on any atom is -0.481 e. The third kappa shape index (κ3) is 12.4. The second-order valence-corrected chi connectivity index (χ2v) is 7.38. The van der Waals surface area contributed by atoms with Gasteiger partial charge >= 0.3 is 5.97 Å². The van der Waals surface area contributed by atoms with Gasteiger partial charge in [-0.15, -0.1) is 0 Å². The first kappa shape index (κ1) is 23.4. The number of aliphatic carboxylic acids is 1. The van der Waals surface area contributed by atoms with Gasteiger partial charge in [-0.05, 0) is 43.9 Å². The van der Waals surface area contributed by atoms with Crippen molar-refractivity contribution >= 4 is 5.97 Å². The maximum atomic E-state index is 10.4. The molecule has 1 unspecified atom stereocenters. The molecule has 4 nitrogen and oxygen atoms in total. The molecule has 1 aliphatic carbocycles. The minimum absolute atomic E-state index is 0.00587. The molecule has 0 amide bonds. The Morgan fingerprint density at radius 2 is 1.56 bits per heavy atom. The summed E-state index contributed by atoms with van der Waals surface area (Å²) in [7, 11) is 0. The molecule has 3 N–H and O–H groups in total. The molecule has 1 fully saturated rings. The van der Waals surface area contributed by atoms with Crippen molar-refractivity contribution in [1.29, 1.82) is 0 Å². The van der Waals surface area contributed by atoms with Crippen molar-refractivity contribution in [2.75, 3.05) is 0 Å². The van der Waals surface area contributed by atoms with Crippen LogP contribution in [0.1, 0.15) is 64.7 Å². The lowest BCUT2D eigenvalue weighted by molar-refractivity contribution is -0.137. The molecular formula is C23H36O4. The van der Waals surface area contributed by atoms with E-state index in [9.17, 15) is 15.0 Å². The molecular weight excluding hydrogens is 340 g/mol. The molecule has 4 heteroatoms. The summed E-state index contributed by atoms with van der Waals surface area (Å²) >= 11 is 0. The number of hydrogen-bond donors (Lipinski definition) is 3. The molecule has 152 valence electrons. The topological polar surface area (TPSA) is 77.8 Å². The van der Waals surface area contributed by atoms with Crippen LogP contribution in [0.3, 0.4) is 0 Å². The molecule has 3 atom stereocenters. The highest BCUT2D eigenvalue weighted by atomic mass is 16.4. The minimum atomic E-state index is -0.977. The summed E-state index contributed by atoms with van der Waals surface area (Å²) in [4.78, 5) is 10.4. The normalized spacial score (nSPS) is 18.8. The average molecular weight is 377 g/mol. The van der Waals surface area contributed by atoms with E-state index >= 15 is 0 Å². The van der Waals surface area contributed by atoms with Gasteiger partial charge in [0.2, 0.25) is 0 Å². The molecule has 1 saturated carbocycles. The molecule has 0 radical (unpaired) electrons. The van der Waals surface area contributed by atoms with Gasteiger partial charge in [-0.3, -0.25) is 4.79 Å². The van der Waals surface area contributed by atoms with Crippen LogP contribution in [0.4, 0.5) is 0 Å². The fraction of sp³-hybridized carbons (Fsp3) is 0.609. The van der Waals surface area contributed by atoms with Gasteiger partial charge in [0.15, 0.2) is 0 Å². The first-order valence-corrected chi connectivity index (χ1v) is 10.3. The number of carbonyl (C=O) groups is 1. The fourth-order valence-electron chi connectivity index (χ4n) is 3.05.